The number of hydrogen-bond acceptors (Lipinski definition) is 4. The molecule has 0 aliphatic carbocycles. The van der Waals surface area contributed by atoms with Crippen molar-refractivity contribution in [3.8, 4) is 11.5 Å². The molecule has 6 heteroatoms. The fourth-order valence-corrected chi connectivity index (χ4v) is 4.30. The Morgan fingerprint density at radius 2 is 2.07 bits per heavy atom. The molecule has 2 aliphatic rings. The molecule has 1 spiro atoms. The summed E-state index contributed by atoms with van der Waals surface area (Å²) in [4.78, 5) is 29.3. The van der Waals surface area contributed by atoms with E-state index in [4.69, 9.17) is 9.47 Å². The van der Waals surface area contributed by atoms with E-state index in [0.717, 1.165) is 31.4 Å². The van der Waals surface area contributed by atoms with E-state index in [-0.39, 0.29) is 11.8 Å². The van der Waals surface area contributed by atoms with Gasteiger partial charge in [-0.15, -0.1) is 6.58 Å². The molecule has 146 valence electrons. The SMILES string of the molecule is C=CCC(=O)N1CCC2(CCCN(Cc3cccc(OC)c3OC)C2=O)C1. The highest BCUT2D eigenvalue weighted by atomic mass is 16.5. The second-order valence-electron chi connectivity index (χ2n) is 7.32. The number of ether oxygens (including phenoxy) is 2. The summed E-state index contributed by atoms with van der Waals surface area (Å²) < 4.78 is 10.9. The van der Waals surface area contributed by atoms with Gasteiger partial charge in [0.15, 0.2) is 11.5 Å². The van der Waals surface area contributed by atoms with E-state index in [0.29, 0.717) is 37.6 Å². The summed E-state index contributed by atoms with van der Waals surface area (Å²) in [5.74, 6) is 1.53. The van der Waals surface area contributed by atoms with E-state index < -0.39 is 5.41 Å². The first-order valence-electron chi connectivity index (χ1n) is 9.42. The Morgan fingerprint density at radius 1 is 1.26 bits per heavy atom. The molecule has 0 radical (unpaired) electrons. The van der Waals surface area contributed by atoms with Crippen LogP contribution in [0.4, 0.5) is 0 Å². The van der Waals surface area contributed by atoms with Crippen LogP contribution >= 0.6 is 0 Å². The largest absolute Gasteiger partial charge is 0.493 e. The summed E-state index contributed by atoms with van der Waals surface area (Å²) in [6.07, 6.45) is 4.48. The van der Waals surface area contributed by atoms with Crippen LogP contribution in [0.25, 0.3) is 0 Å². The Kier molecular flexibility index (Phi) is 5.73. The van der Waals surface area contributed by atoms with Crippen LogP contribution in [0.15, 0.2) is 30.9 Å². The van der Waals surface area contributed by atoms with E-state index in [1.807, 2.05) is 28.0 Å². The molecule has 27 heavy (non-hydrogen) atoms. The van der Waals surface area contributed by atoms with Gasteiger partial charge >= 0.3 is 0 Å². The number of piperidine rings is 1. The molecule has 2 amide bonds. The minimum atomic E-state index is -0.443. The lowest BCUT2D eigenvalue weighted by Crippen LogP contribution is -2.50. The van der Waals surface area contributed by atoms with Crippen molar-refractivity contribution in [3.63, 3.8) is 0 Å². The predicted molar refractivity (Wildman–Crippen MR) is 103 cm³/mol. The minimum Gasteiger partial charge on any atom is -0.493 e. The van der Waals surface area contributed by atoms with E-state index in [1.165, 1.54) is 0 Å². The smallest absolute Gasteiger partial charge is 0.230 e. The predicted octanol–water partition coefficient (Wildman–Crippen LogP) is 2.62. The maximum Gasteiger partial charge on any atom is 0.230 e. The van der Waals surface area contributed by atoms with Gasteiger partial charge < -0.3 is 19.3 Å². The lowest BCUT2D eigenvalue weighted by Gasteiger charge is -2.39. The Balaban J connectivity index is 1.77. The third kappa shape index (κ3) is 3.66. The molecule has 2 fully saturated rings. The number of hydrogen-bond donors (Lipinski definition) is 0. The monoisotopic (exact) mass is 372 g/mol. The van der Waals surface area contributed by atoms with Crippen LogP contribution in [0, 0.1) is 5.41 Å². The summed E-state index contributed by atoms with van der Waals surface area (Å²) in [5.41, 5.74) is 0.487. The number of benzene rings is 1. The summed E-state index contributed by atoms with van der Waals surface area (Å²) >= 11 is 0. The summed E-state index contributed by atoms with van der Waals surface area (Å²) in [6.45, 7) is 6.01. The van der Waals surface area contributed by atoms with E-state index >= 15 is 0 Å². The van der Waals surface area contributed by atoms with Crippen LogP contribution in [0.3, 0.4) is 0 Å². The second kappa shape index (κ2) is 8.03. The second-order valence-corrected chi connectivity index (χ2v) is 7.32. The molecule has 1 aromatic rings. The van der Waals surface area contributed by atoms with Gasteiger partial charge in [0.1, 0.15) is 0 Å². The van der Waals surface area contributed by atoms with Crippen molar-refractivity contribution in [2.45, 2.75) is 32.2 Å². The quantitative estimate of drug-likeness (QED) is 0.721. The molecular formula is C21H28N2O4. The van der Waals surface area contributed by atoms with Crippen LogP contribution in [-0.4, -0.2) is 55.5 Å². The normalized spacial score (nSPS) is 22.2. The number of para-hydroxylation sites is 1. The zero-order valence-electron chi connectivity index (χ0n) is 16.2. The molecule has 1 aromatic carbocycles. The summed E-state index contributed by atoms with van der Waals surface area (Å²) in [7, 11) is 3.22. The number of carbonyl (C=O) groups is 2. The Hall–Kier alpha value is -2.50. The van der Waals surface area contributed by atoms with Gasteiger partial charge in [0.25, 0.3) is 0 Å². The van der Waals surface area contributed by atoms with E-state index in [1.54, 1.807) is 20.3 Å². The number of carbonyl (C=O) groups excluding carboxylic acids is 2. The zero-order valence-corrected chi connectivity index (χ0v) is 16.2. The lowest BCUT2D eigenvalue weighted by molar-refractivity contribution is -0.146. The van der Waals surface area contributed by atoms with Gasteiger partial charge in [-0.25, -0.2) is 0 Å². The molecule has 0 N–H and O–H groups in total. The van der Waals surface area contributed by atoms with Crippen LogP contribution in [0.1, 0.15) is 31.2 Å². The molecule has 0 aromatic heterocycles. The lowest BCUT2D eigenvalue weighted by atomic mass is 9.78. The topological polar surface area (TPSA) is 59.1 Å². The molecule has 1 unspecified atom stereocenters. The highest BCUT2D eigenvalue weighted by Gasteiger charge is 2.49. The highest BCUT2D eigenvalue weighted by molar-refractivity contribution is 5.86. The first kappa shape index (κ1) is 19.3. The highest BCUT2D eigenvalue weighted by Crippen LogP contribution is 2.41. The number of likely N-dealkylation sites (tertiary alicyclic amines) is 2. The maximum atomic E-state index is 13.3. The fourth-order valence-electron chi connectivity index (χ4n) is 4.30. The van der Waals surface area contributed by atoms with Gasteiger partial charge in [0.05, 0.1) is 19.6 Å². The average Bonchev–Trinajstić information content (AvgIpc) is 3.10. The third-order valence-electron chi connectivity index (χ3n) is 5.70. The molecule has 2 heterocycles. The molecule has 2 saturated heterocycles. The first-order chi connectivity index (χ1) is 13.0. The standard InChI is InChI=1S/C21H28N2O4/c1-4-7-18(24)23-13-11-21(15-23)10-6-12-22(20(21)25)14-16-8-5-9-17(26-2)19(16)27-3/h4-5,8-9H,1,6-7,10-15H2,2-3H3. The van der Waals surface area contributed by atoms with Gasteiger partial charge in [0.2, 0.25) is 11.8 Å². The van der Waals surface area contributed by atoms with Gasteiger partial charge in [-0.1, -0.05) is 18.2 Å². The molecule has 1 atom stereocenters. The van der Waals surface area contributed by atoms with E-state index in [2.05, 4.69) is 6.58 Å². The van der Waals surface area contributed by atoms with Crippen molar-refractivity contribution in [3.05, 3.63) is 36.4 Å². The number of methoxy groups -OCH3 is 2. The van der Waals surface area contributed by atoms with Crippen molar-refractivity contribution in [2.24, 2.45) is 5.41 Å². The first-order valence-corrected chi connectivity index (χ1v) is 9.42. The third-order valence-corrected chi connectivity index (χ3v) is 5.70. The molecule has 3 rings (SSSR count). The van der Waals surface area contributed by atoms with Gasteiger partial charge in [0, 0.05) is 38.2 Å². The average molecular weight is 372 g/mol. The molecule has 6 nitrogen and oxygen atoms in total. The van der Waals surface area contributed by atoms with Gasteiger partial charge in [-0.3, -0.25) is 9.59 Å². The summed E-state index contributed by atoms with van der Waals surface area (Å²) in [6, 6.07) is 5.72. The van der Waals surface area contributed by atoms with Crippen LogP contribution in [0.2, 0.25) is 0 Å². The van der Waals surface area contributed by atoms with E-state index in [9.17, 15) is 9.59 Å². The Labute approximate surface area is 160 Å². The Morgan fingerprint density at radius 3 is 2.78 bits per heavy atom. The molecular weight excluding hydrogens is 344 g/mol. The minimum absolute atomic E-state index is 0.0567. The zero-order chi connectivity index (χ0) is 19.4. The van der Waals surface area contributed by atoms with Crippen LogP contribution in [0.5, 0.6) is 11.5 Å². The Bertz CT molecular complexity index is 733. The molecule has 2 aliphatic heterocycles. The van der Waals surface area contributed by atoms with Crippen molar-refractivity contribution in [1.82, 2.24) is 9.80 Å². The molecule has 0 saturated carbocycles. The summed E-state index contributed by atoms with van der Waals surface area (Å²) in [5, 5.41) is 0. The van der Waals surface area contributed by atoms with Crippen molar-refractivity contribution >= 4 is 11.8 Å². The van der Waals surface area contributed by atoms with Crippen molar-refractivity contribution in [2.75, 3.05) is 33.9 Å². The fraction of sp³-hybridized carbons (Fsp3) is 0.524. The van der Waals surface area contributed by atoms with Crippen molar-refractivity contribution < 1.29 is 19.1 Å². The maximum absolute atomic E-state index is 13.3. The van der Waals surface area contributed by atoms with Crippen LogP contribution in [-0.2, 0) is 16.1 Å². The number of rotatable bonds is 6. The van der Waals surface area contributed by atoms with Crippen molar-refractivity contribution in [1.29, 1.82) is 0 Å². The van der Waals surface area contributed by atoms with Gasteiger partial charge in [-0.05, 0) is 25.3 Å². The number of amides is 2. The van der Waals surface area contributed by atoms with Crippen LogP contribution < -0.4 is 9.47 Å². The van der Waals surface area contributed by atoms with Gasteiger partial charge in [-0.2, -0.15) is 0 Å². The number of nitrogens with zero attached hydrogens (tertiary/aromatic N) is 2. The molecule has 0 bridgehead atoms.